The molecule has 0 saturated carbocycles. The maximum atomic E-state index is 12.4. The minimum absolute atomic E-state index is 0.195. The molecular weight excluding hydrogens is 472 g/mol. The van der Waals surface area contributed by atoms with E-state index in [4.69, 9.17) is 25.8 Å². The van der Waals surface area contributed by atoms with Gasteiger partial charge in [0.05, 0.1) is 29.9 Å². The molecule has 0 aliphatic heterocycles. The number of esters is 1. The summed E-state index contributed by atoms with van der Waals surface area (Å²) in [4.78, 5) is 38.1. The highest BCUT2D eigenvalue weighted by molar-refractivity contribution is 6.33. The smallest absolute Gasteiger partial charge is 0.338 e. The lowest BCUT2D eigenvalue weighted by Crippen LogP contribution is -2.37. The van der Waals surface area contributed by atoms with Gasteiger partial charge in [0.1, 0.15) is 6.61 Å². The molecule has 0 radical (unpaired) electrons. The highest BCUT2D eigenvalue weighted by Gasteiger charge is 2.18. The molecule has 1 N–H and O–H groups in total. The van der Waals surface area contributed by atoms with Gasteiger partial charge in [0.25, 0.3) is 5.91 Å². The lowest BCUT2D eigenvalue weighted by atomic mass is 10.2. The van der Waals surface area contributed by atoms with E-state index in [9.17, 15) is 14.4 Å². The summed E-state index contributed by atoms with van der Waals surface area (Å²) in [6.45, 7) is -0.419. The Morgan fingerprint density at radius 1 is 0.943 bits per heavy atom. The van der Waals surface area contributed by atoms with Crippen LogP contribution >= 0.6 is 11.6 Å². The van der Waals surface area contributed by atoms with E-state index in [1.165, 1.54) is 26.3 Å². The van der Waals surface area contributed by atoms with E-state index in [-0.39, 0.29) is 12.1 Å². The molecule has 0 aliphatic carbocycles. The molecule has 3 rings (SSSR count). The maximum absolute atomic E-state index is 12.4. The lowest BCUT2D eigenvalue weighted by Gasteiger charge is -2.17. The number of nitrogens with zero attached hydrogens (tertiary/aromatic N) is 1. The second-order valence-corrected chi connectivity index (χ2v) is 7.90. The fourth-order valence-corrected chi connectivity index (χ4v) is 3.21. The van der Waals surface area contributed by atoms with Crippen LogP contribution in [0.4, 0.5) is 5.69 Å². The van der Waals surface area contributed by atoms with Crippen LogP contribution in [0.2, 0.25) is 5.02 Å². The molecule has 8 nitrogen and oxygen atoms in total. The Hall–Kier alpha value is -4.04. The van der Waals surface area contributed by atoms with Gasteiger partial charge in [-0.05, 0) is 35.9 Å². The standard InChI is InChI=1S/C26H25ClN2O6/c1-29(15-24(30)28-21-11-7-6-10-20(21)27)25(31)17-35-26(32)19-12-13-22(23(14-19)33-2)34-16-18-8-4-3-5-9-18/h3-14H,15-17H2,1-2H3,(H,28,30). The Kier molecular flexibility index (Phi) is 9.09. The Labute approximate surface area is 208 Å². The van der Waals surface area contributed by atoms with Gasteiger partial charge in [0.15, 0.2) is 18.1 Å². The van der Waals surface area contributed by atoms with E-state index in [0.717, 1.165) is 10.5 Å². The molecule has 2 amide bonds. The minimum Gasteiger partial charge on any atom is -0.493 e. The van der Waals surface area contributed by atoms with Crippen LogP contribution in [-0.4, -0.2) is 50.0 Å². The first-order valence-corrected chi connectivity index (χ1v) is 11.1. The molecule has 3 aromatic carbocycles. The van der Waals surface area contributed by atoms with Gasteiger partial charge in [0, 0.05) is 7.05 Å². The summed E-state index contributed by atoms with van der Waals surface area (Å²) in [5.41, 5.74) is 1.62. The van der Waals surface area contributed by atoms with Crippen LogP contribution in [0.1, 0.15) is 15.9 Å². The number of benzene rings is 3. The predicted molar refractivity (Wildman–Crippen MR) is 132 cm³/mol. The Morgan fingerprint density at radius 3 is 2.37 bits per heavy atom. The molecule has 0 aliphatic rings. The number of rotatable bonds is 10. The minimum atomic E-state index is -0.708. The first kappa shape index (κ1) is 25.6. The Morgan fingerprint density at radius 2 is 1.66 bits per heavy atom. The van der Waals surface area contributed by atoms with Crippen molar-refractivity contribution in [1.29, 1.82) is 0 Å². The molecule has 182 valence electrons. The highest BCUT2D eigenvalue weighted by Crippen LogP contribution is 2.29. The van der Waals surface area contributed by atoms with E-state index in [0.29, 0.717) is 28.8 Å². The zero-order chi connectivity index (χ0) is 25.2. The number of hydrogen-bond acceptors (Lipinski definition) is 6. The fraction of sp³-hybridized carbons (Fsp3) is 0.192. The SMILES string of the molecule is COc1cc(C(=O)OCC(=O)N(C)CC(=O)Nc2ccccc2Cl)ccc1OCc1ccccc1. The summed E-state index contributed by atoms with van der Waals surface area (Å²) < 4.78 is 16.2. The number of methoxy groups -OCH3 is 1. The number of nitrogens with one attached hydrogen (secondary N) is 1. The number of likely N-dealkylation sites (N-methyl/N-ethyl adjacent to an activating group) is 1. The zero-order valence-electron chi connectivity index (χ0n) is 19.3. The Bertz CT molecular complexity index is 1190. The average Bonchev–Trinajstić information content (AvgIpc) is 2.87. The van der Waals surface area contributed by atoms with Gasteiger partial charge in [-0.25, -0.2) is 4.79 Å². The van der Waals surface area contributed by atoms with E-state index in [1.807, 2.05) is 30.3 Å². The number of para-hydroxylation sites is 1. The number of carbonyl (C=O) groups is 3. The second-order valence-electron chi connectivity index (χ2n) is 7.49. The topological polar surface area (TPSA) is 94.2 Å². The quantitative estimate of drug-likeness (QED) is 0.423. The molecule has 0 aromatic heterocycles. The number of halogens is 1. The molecule has 0 unspecified atom stereocenters. The summed E-state index contributed by atoms with van der Waals surface area (Å²) in [5.74, 6) is -0.859. The molecule has 0 bridgehead atoms. The van der Waals surface area contributed by atoms with Crippen LogP contribution in [0.25, 0.3) is 0 Å². The number of carbonyl (C=O) groups excluding carboxylic acids is 3. The van der Waals surface area contributed by atoms with Crippen molar-refractivity contribution in [2.45, 2.75) is 6.61 Å². The van der Waals surface area contributed by atoms with Crippen molar-refractivity contribution in [2.24, 2.45) is 0 Å². The lowest BCUT2D eigenvalue weighted by molar-refractivity contribution is -0.136. The first-order chi connectivity index (χ1) is 16.9. The van der Waals surface area contributed by atoms with Crippen LogP contribution in [0.5, 0.6) is 11.5 Å². The van der Waals surface area contributed by atoms with Gasteiger partial charge in [-0.3, -0.25) is 9.59 Å². The van der Waals surface area contributed by atoms with Gasteiger partial charge in [-0.15, -0.1) is 0 Å². The Balaban J connectivity index is 1.50. The summed E-state index contributed by atoms with van der Waals surface area (Å²) in [5, 5.41) is 3.01. The second kappa shape index (κ2) is 12.4. The van der Waals surface area contributed by atoms with Gasteiger partial charge in [-0.1, -0.05) is 54.1 Å². The molecule has 0 atom stereocenters. The van der Waals surface area contributed by atoms with Crippen LogP contribution in [0.3, 0.4) is 0 Å². The average molecular weight is 497 g/mol. The summed E-state index contributed by atoms with van der Waals surface area (Å²) in [6, 6.07) is 21.0. The van der Waals surface area contributed by atoms with Crippen LogP contribution in [0.15, 0.2) is 72.8 Å². The number of ether oxygens (including phenoxy) is 3. The number of hydrogen-bond donors (Lipinski definition) is 1. The summed E-state index contributed by atoms with van der Waals surface area (Å²) >= 11 is 6.02. The van der Waals surface area contributed by atoms with Crippen molar-refractivity contribution < 1.29 is 28.6 Å². The molecule has 9 heteroatoms. The molecule has 0 fully saturated rings. The summed E-state index contributed by atoms with van der Waals surface area (Å²) in [6.07, 6.45) is 0. The third-order valence-corrected chi connectivity index (χ3v) is 5.25. The van der Waals surface area contributed by atoms with E-state index < -0.39 is 24.4 Å². The normalized spacial score (nSPS) is 10.3. The van der Waals surface area contributed by atoms with Gasteiger partial charge < -0.3 is 24.4 Å². The molecule has 0 heterocycles. The third-order valence-electron chi connectivity index (χ3n) is 4.92. The number of anilines is 1. The van der Waals surface area contributed by atoms with E-state index in [2.05, 4.69) is 5.32 Å². The zero-order valence-corrected chi connectivity index (χ0v) is 20.1. The number of amides is 2. The predicted octanol–water partition coefficient (Wildman–Crippen LogP) is 4.18. The van der Waals surface area contributed by atoms with Crippen molar-refractivity contribution in [2.75, 3.05) is 32.6 Å². The van der Waals surface area contributed by atoms with Crippen molar-refractivity contribution >= 4 is 35.1 Å². The third kappa shape index (κ3) is 7.48. The van der Waals surface area contributed by atoms with Crippen LogP contribution in [0, 0.1) is 0 Å². The largest absolute Gasteiger partial charge is 0.493 e. The van der Waals surface area contributed by atoms with E-state index in [1.54, 1.807) is 30.3 Å². The van der Waals surface area contributed by atoms with Gasteiger partial charge >= 0.3 is 5.97 Å². The molecule has 0 saturated heterocycles. The van der Waals surface area contributed by atoms with Crippen molar-refractivity contribution in [3.63, 3.8) is 0 Å². The highest BCUT2D eigenvalue weighted by atomic mass is 35.5. The van der Waals surface area contributed by atoms with Gasteiger partial charge in [0.2, 0.25) is 5.91 Å². The van der Waals surface area contributed by atoms with Crippen LogP contribution < -0.4 is 14.8 Å². The van der Waals surface area contributed by atoms with E-state index >= 15 is 0 Å². The fourth-order valence-electron chi connectivity index (χ4n) is 3.03. The van der Waals surface area contributed by atoms with Crippen molar-refractivity contribution in [3.05, 3.63) is 88.9 Å². The first-order valence-electron chi connectivity index (χ1n) is 10.7. The molecule has 35 heavy (non-hydrogen) atoms. The molecule has 3 aromatic rings. The van der Waals surface area contributed by atoms with Crippen molar-refractivity contribution in [1.82, 2.24) is 4.90 Å². The summed E-state index contributed by atoms with van der Waals surface area (Å²) in [7, 11) is 2.90. The van der Waals surface area contributed by atoms with Gasteiger partial charge in [-0.2, -0.15) is 0 Å². The molecule has 0 spiro atoms. The van der Waals surface area contributed by atoms with Crippen molar-refractivity contribution in [3.8, 4) is 11.5 Å². The molecular formula is C26H25ClN2O6. The van der Waals surface area contributed by atoms with Crippen LogP contribution in [-0.2, 0) is 20.9 Å². The monoisotopic (exact) mass is 496 g/mol. The maximum Gasteiger partial charge on any atom is 0.338 e.